The van der Waals surface area contributed by atoms with Gasteiger partial charge in [-0.1, -0.05) is 0 Å². The molecule has 0 fully saturated rings. The first kappa shape index (κ1) is 9.98. The summed E-state index contributed by atoms with van der Waals surface area (Å²) < 4.78 is 0. The Kier molecular flexibility index (Phi) is 4.60. The Morgan fingerprint density at radius 2 is 2.50 bits per heavy atom. The molecule has 0 aliphatic heterocycles. The van der Waals surface area contributed by atoms with Gasteiger partial charge in [0.25, 0.3) is 0 Å². The fourth-order valence-electron chi connectivity index (χ4n) is 0.662. The van der Waals surface area contributed by atoms with Crippen LogP contribution in [0.1, 0.15) is 4.88 Å². The van der Waals surface area contributed by atoms with Crippen LogP contribution in [0.3, 0.4) is 0 Å². The lowest BCUT2D eigenvalue weighted by atomic mass is 10.4. The third-order valence-corrected chi connectivity index (χ3v) is 3.35. The highest BCUT2D eigenvalue weighted by Gasteiger charge is 2.02. The molecular weight excluding hydrogens is 194 g/mol. The van der Waals surface area contributed by atoms with Gasteiger partial charge < -0.3 is 10.2 Å². The van der Waals surface area contributed by atoms with Gasteiger partial charge in [0.15, 0.2) is 0 Å². The molecule has 0 amide bonds. The van der Waals surface area contributed by atoms with E-state index in [1.165, 1.54) is 4.88 Å². The predicted octanol–water partition coefficient (Wildman–Crippen LogP) is 0.730. The van der Waals surface area contributed by atoms with E-state index in [1.54, 1.807) is 28.6 Å². The molecule has 1 rings (SSSR count). The summed E-state index contributed by atoms with van der Waals surface area (Å²) in [5.74, 6) is 1.44. The summed E-state index contributed by atoms with van der Waals surface area (Å²) in [5.41, 5.74) is 1.79. The first-order chi connectivity index (χ1) is 5.83. The average molecular weight is 205 g/mol. The Bertz CT molecular complexity index is 203. The highest BCUT2D eigenvalue weighted by Crippen LogP contribution is 2.15. The van der Waals surface area contributed by atoms with Crippen molar-refractivity contribution in [1.82, 2.24) is 4.98 Å². The molecule has 1 atom stereocenters. The van der Waals surface area contributed by atoms with Gasteiger partial charge in [0.1, 0.15) is 0 Å². The average Bonchev–Trinajstić information content (AvgIpc) is 2.57. The summed E-state index contributed by atoms with van der Waals surface area (Å²) in [7, 11) is 0. The minimum Gasteiger partial charge on any atom is -0.394 e. The van der Waals surface area contributed by atoms with Crippen molar-refractivity contribution in [3.63, 3.8) is 0 Å². The number of thiazole rings is 1. The number of thioether (sulfide) groups is 1. The fourth-order valence-corrected chi connectivity index (χ4v) is 2.33. The summed E-state index contributed by atoms with van der Waals surface area (Å²) in [6, 6.07) is 0. The van der Waals surface area contributed by atoms with Crippen LogP contribution in [0.4, 0.5) is 0 Å². The second kappa shape index (κ2) is 5.53. The lowest BCUT2D eigenvalue weighted by Gasteiger charge is -2.04. The van der Waals surface area contributed by atoms with Crippen molar-refractivity contribution in [2.75, 3.05) is 12.4 Å². The summed E-state index contributed by atoms with van der Waals surface area (Å²) in [4.78, 5) is 5.13. The van der Waals surface area contributed by atoms with Crippen molar-refractivity contribution < 1.29 is 10.2 Å². The van der Waals surface area contributed by atoms with E-state index >= 15 is 0 Å². The number of aromatic nitrogens is 1. The molecule has 0 bridgehead atoms. The molecule has 1 aromatic heterocycles. The summed E-state index contributed by atoms with van der Waals surface area (Å²) in [5, 5.41) is 17.5. The lowest BCUT2D eigenvalue weighted by molar-refractivity contribution is 0.113. The number of aliphatic hydroxyl groups is 2. The Hall–Kier alpha value is -0.100. The van der Waals surface area contributed by atoms with Gasteiger partial charge >= 0.3 is 0 Å². The molecule has 68 valence electrons. The molecule has 12 heavy (non-hydrogen) atoms. The maximum absolute atomic E-state index is 9.00. The van der Waals surface area contributed by atoms with Crippen molar-refractivity contribution in [2.45, 2.75) is 11.9 Å². The maximum atomic E-state index is 9.00. The van der Waals surface area contributed by atoms with Crippen LogP contribution in [-0.4, -0.2) is 33.7 Å². The maximum Gasteiger partial charge on any atom is 0.0861 e. The van der Waals surface area contributed by atoms with E-state index in [0.717, 1.165) is 5.75 Å². The van der Waals surface area contributed by atoms with E-state index in [-0.39, 0.29) is 6.61 Å². The van der Waals surface area contributed by atoms with E-state index in [2.05, 4.69) is 4.98 Å². The van der Waals surface area contributed by atoms with Crippen LogP contribution >= 0.6 is 23.1 Å². The smallest absolute Gasteiger partial charge is 0.0861 e. The van der Waals surface area contributed by atoms with Crippen LogP contribution in [0, 0.1) is 0 Å². The third kappa shape index (κ3) is 3.53. The minimum atomic E-state index is -0.595. The van der Waals surface area contributed by atoms with Crippen molar-refractivity contribution in [3.05, 3.63) is 16.6 Å². The number of hydrogen-bond donors (Lipinski definition) is 2. The zero-order valence-corrected chi connectivity index (χ0v) is 8.14. The van der Waals surface area contributed by atoms with E-state index in [1.807, 2.05) is 6.20 Å². The minimum absolute atomic E-state index is 0.157. The van der Waals surface area contributed by atoms with Crippen LogP contribution in [0.5, 0.6) is 0 Å². The van der Waals surface area contributed by atoms with Crippen molar-refractivity contribution in [2.24, 2.45) is 0 Å². The van der Waals surface area contributed by atoms with Crippen LogP contribution in [0.25, 0.3) is 0 Å². The largest absolute Gasteiger partial charge is 0.394 e. The molecule has 1 heterocycles. The molecule has 0 spiro atoms. The summed E-state index contributed by atoms with van der Waals surface area (Å²) in [6.07, 6.45) is 1.23. The van der Waals surface area contributed by atoms with Crippen LogP contribution < -0.4 is 0 Å². The van der Waals surface area contributed by atoms with E-state index in [9.17, 15) is 0 Å². The van der Waals surface area contributed by atoms with E-state index in [4.69, 9.17) is 10.2 Å². The zero-order valence-electron chi connectivity index (χ0n) is 6.51. The molecule has 0 aliphatic rings. The van der Waals surface area contributed by atoms with Crippen molar-refractivity contribution in [3.8, 4) is 0 Å². The number of nitrogens with zero attached hydrogens (tertiary/aromatic N) is 1. The van der Waals surface area contributed by atoms with Gasteiger partial charge in [-0.3, -0.25) is 4.98 Å². The van der Waals surface area contributed by atoms with Crippen molar-refractivity contribution >= 4 is 23.1 Å². The summed E-state index contributed by atoms with van der Waals surface area (Å²) in [6.45, 7) is -0.157. The van der Waals surface area contributed by atoms with Gasteiger partial charge in [-0.15, -0.1) is 11.3 Å². The standard InChI is InChI=1S/C7H11NO2S2/c9-2-6(10)3-11-4-7-1-8-5-12-7/h1,5-6,9-10H,2-4H2. The highest BCUT2D eigenvalue weighted by molar-refractivity contribution is 7.98. The molecule has 1 aromatic rings. The quantitative estimate of drug-likeness (QED) is 0.744. The predicted molar refractivity (Wildman–Crippen MR) is 51.4 cm³/mol. The number of rotatable bonds is 5. The van der Waals surface area contributed by atoms with E-state index < -0.39 is 6.10 Å². The third-order valence-electron chi connectivity index (χ3n) is 1.25. The van der Waals surface area contributed by atoms with Crippen LogP contribution in [-0.2, 0) is 5.75 Å². The second-order valence-corrected chi connectivity index (χ2v) is 4.32. The molecular formula is C7H11NO2S2. The molecule has 5 heteroatoms. The van der Waals surface area contributed by atoms with Gasteiger partial charge in [0, 0.05) is 22.6 Å². The highest BCUT2D eigenvalue weighted by atomic mass is 32.2. The van der Waals surface area contributed by atoms with Gasteiger partial charge in [0.2, 0.25) is 0 Å². The number of hydrogen-bond acceptors (Lipinski definition) is 5. The van der Waals surface area contributed by atoms with Crippen LogP contribution in [0.2, 0.25) is 0 Å². The molecule has 1 unspecified atom stereocenters. The molecule has 2 N–H and O–H groups in total. The Morgan fingerprint density at radius 1 is 1.67 bits per heavy atom. The Balaban J connectivity index is 2.11. The molecule has 3 nitrogen and oxygen atoms in total. The van der Waals surface area contributed by atoms with Gasteiger partial charge in [-0.05, 0) is 0 Å². The topological polar surface area (TPSA) is 53.4 Å². The molecule has 0 aliphatic carbocycles. The molecule has 0 saturated carbocycles. The van der Waals surface area contributed by atoms with Gasteiger partial charge in [-0.2, -0.15) is 11.8 Å². The van der Waals surface area contributed by atoms with E-state index in [0.29, 0.717) is 5.75 Å². The Labute approximate surface area is 79.5 Å². The second-order valence-electron chi connectivity index (χ2n) is 2.32. The first-order valence-electron chi connectivity index (χ1n) is 3.57. The zero-order chi connectivity index (χ0) is 8.81. The molecule has 0 saturated heterocycles. The lowest BCUT2D eigenvalue weighted by Crippen LogP contribution is -2.14. The van der Waals surface area contributed by atoms with Gasteiger partial charge in [-0.25, -0.2) is 0 Å². The summed E-state index contributed by atoms with van der Waals surface area (Å²) >= 11 is 3.21. The normalized spacial score (nSPS) is 13.2. The number of aliphatic hydroxyl groups excluding tert-OH is 2. The van der Waals surface area contributed by atoms with Gasteiger partial charge in [0.05, 0.1) is 18.2 Å². The Morgan fingerprint density at radius 3 is 3.08 bits per heavy atom. The van der Waals surface area contributed by atoms with Crippen molar-refractivity contribution in [1.29, 1.82) is 0 Å². The fraction of sp³-hybridized carbons (Fsp3) is 0.571. The SMILES string of the molecule is OCC(O)CSCc1cncs1. The van der Waals surface area contributed by atoms with Crippen LogP contribution in [0.15, 0.2) is 11.7 Å². The monoisotopic (exact) mass is 205 g/mol. The molecule has 0 radical (unpaired) electrons. The molecule has 0 aromatic carbocycles. The first-order valence-corrected chi connectivity index (χ1v) is 5.60.